The Morgan fingerprint density at radius 2 is 2.00 bits per heavy atom. The van der Waals surface area contributed by atoms with E-state index >= 15 is 0 Å². The van der Waals surface area contributed by atoms with Gasteiger partial charge in [0.15, 0.2) is 5.84 Å². The maximum absolute atomic E-state index is 12.0. The van der Waals surface area contributed by atoms with Crippen molar-refractivity contribution in [2.24, 2.45) is 16.8 Å². The minimum Gasteiger partial charge on any atom is -0.409 e. The molecule has 1 amide bonds. The Morgan fingerprint density at radius 1 is 1.40 bits per heavy atom. The molecular weight excluding hydrogens is 254 g/mol. The van der Waals surface area contributed by atoms with Crippen molar-refractivity contribution in [1.82, 2.24) is 5.32 Å². The molecule has 108 valence electrons. The Bertz CT molecular complexity index is 516. The molecule has 0 aromatic heterocycles. The first kappa shape index (κ1) is 14.4. The van der Waals surface area contributed by atoms with Crippen molar-refractivity contribution < 1.29 is 10.0 Å². The van der Waals surface area contributed by atoms with Gasteiger partial charge in [0.2, 0.25) is 5.91 Å². The molecular formula is C15H21N3O2. The Morgan fingerprint density at radius 3 is 2.50 bits per heavy atom. The van der Waals surface area contributed by atoms with Gasteiger partial charge in [-0.05, 0) is 38.2 Å². The van der Waals surface area contributed by atoms with Gasteiger partial charge in [0, 0.05) is 11.1 Å². The monoisotopic (exact) mass is 275 g/mol. The standard InChI is InChI=1S/C15H21N3O2/c1-15(2,12-7-8-12)17-13(19)9-10-3-5-11(6-4-10)14(16)18-20/h3-6,12,20H,7-9H2,1-2H3,(H2,16,18)(H,17,19). The van der Waals surface area contributed by atoms with Crippen LogP contribution < -0.4 is 11.1 Å². The highest BCUT2D eigenvalue weighted by molar-refractivity contribution is 5.97. The predicted octanol–water partition coefficient (Wildman–Crippen LogP) is 1.63. The molecule has 1 fully saturated rings. The minimum atomic E-state index is -0.120. The SMILES string of the molecule is CC(C)(NC(=O)Cc1ccc(/C(N)=N/O)cc1)C1CC1. The van der Waals surface area contributed by atoms with Gasteiger partial charge < -0.3 is 16.3 Å². The second-order valence-electron chi connectivity index (χ2n) is 5.90. The smallest absolute Gasteiger partial charge is 0.224 e. The van der Waals surface area contributed by atoms with Crippen LogP contribution in [-0.2, 0) is 11.2 Å². The van der Waals surface area contributed by atoms with Crippen molar-refractivity contribution in [2.45, 2.75) is 38.6 Å². The zero-order valence-corrected chi connectivity index (χ0v) is 11.9. The molecule has 1 aliphatic carbocycles. The zero-order valence-electron chi connectivity index (χ0n) is 11.9. The molecule has 0 spiro atoms. The van der Waals surface area contributed by atoms with E-state index in [4.69, 9.17) is 10.9 Å². The predicted molar refractivity (Wildman–Crippen MR) is 77.6 cm³/mol. The van der Waals surface area contributed by atoms with Gasteiger partial charge in [-0.25, -0.2) is 0 Å². The third-order valence-electron chi connectivity index (χ3n) is 3.78. The maximum Gasteiger partial charge on any atom is 0.224 e. The lowest BCUT2D eigenvalue weighted by molar-refractivity contribution is -0.122. The van der Waals surface area contributed by atoms with Crippen LogP contribution in [0.2, 0.25) is 0 Å². The number of rotatable bonds is 5. The van der Waals surface area contributed by atoms with Crippen LogP contribution in [0.1, 0.15) is 37.8 Å². The first-order valence-corrected chi connectivity index (χ1v) is 6.80. The van der Waals surface area contributed by atoms with E-state index in [0.29, 0.717) is 17.9 Å². The molecule has 0 saturated heterocycles. The number of hydrogen-bond donors (Lipinski definition) is 3. The van der Waals surface area contributed by atoms with Crippen LogP contribution in [0.4, 0.5) is 0 Å². The summed E-state index contributed by atoms with van der Waals surface area (Å²) in [5.74, 6) is 0.698. The molecule has 0 heterocycles. The molecule has 2 rings (SSSR count). The lowest BCUT2D eigenvalue weighted by Gasteiger charge is -2.26. The topological polar surface area (TPSA) is 87.7 Å². The fourth-order valence-electron chi connectivity index (χ4n) is 2.35. The van der Waals surface area contributed by atoms with E-state index in [1.165, 1.54) is 12.8 Å². The highest BCUT2D eigenvalue weighted by atomic mass is 16.4. The molecule has 0 aliphatic heterocycles. The molecule has 1 aliphatic rings. The van der Waals surface area contributed by atoms with Gasteiger partial charge in [0.25, 0.3) is 0 Å². The number of hydrogen-bond acceptors (Lipinski definition) is 3. The second-order valence-corrected chi connectivity index (χ2v) is 5.90. The van der Waals surface area contributed by atoms with E-state index < -0.39 is 0 Å². The van der Waals surface area contributed by atoms with Crippen molar-refractivity contribution in [1.29, 1.82) is 0 Å². The summed E-state index contributed by atoms with van der Waals surface area (Å²) in [5, 5.41) is 14.6. The Kier molecular flexibility index (Phi) is 3.97. The Labute approximate surface area is 118 Å². The molecule has 1 saturated carbocycles. The van der Waals surface area contributed by atoms with Crippen molar-refractivity contribution in [3.8, 4) is 0 Å². The van der Waals surface area contributed by atoms with Crippen LogP contribution in [-0.4, -0.2) is 22.5 Å². The van der Waals surface area contributed by atoms with Crippen molar-refractivity contribution >= 4 is 11.7 Å². The number of amides is 1. The van der Waals surface area contributed by atoms with E-state index in [0.717, 1.165) is 5.56 Å². The number of benzene rings is 1. The van der Waals surface area contributed by atoms with Gasteiger partial charge in [-0.15, -0.1) is 0 Å². The van der Waals surface area contributed by atoms with Crippen LogP contribution >= 0.6 is 0 Å². The van der Waals surface area contributed by atoms with Gasteiger partial charge in [0.05, 0.1) is 6.42 Å². The van der Waals surface area contributed by atoms with Crippen molar-refractivity contribution in [2.75, 3.05) is 0 Å². The first-order chi connectivity index (χ1) is 9.42. The highest BCUT2D eigenvalue weighted by Gasteiger charge is 2.38. The summed E-state index contributed by atoms with van der Waals surface area (Å²) in [6.07, 6.45) is 2.73. The average molecular weight is 275 g/mol. The summed E-state index contributed by atoms with van der Waals surface area (Å²) in [5.41, 5.74) is 6.91. The lowest BCUT2D eigenvalue weighted by Crippen LogP contribution is -2.45. The normalized spacial score (nSPS) is 16.0. The fraction of sp³-hybridized carbons (Fsp3) is 0.467. The van der Waals surface area contributed by atoms with E-state index in [1.54, 1.807) is 12.1 Å². The number of nitrogens with zero attached hydrogens (tertiary/aromatic N) is 1. The zero-order chi connectivity index (χ0) is 14.8. The molecule has 0 unspecified atom stereocenters. The van der Waals surface area contributed by atoms with E-state index in [1.807, 2.05) is 12.1 Å². The lowest BCUT2D eigenvalue weighted by atomic mass is 9.98. The van der Waals surface area contributed by atoms with Gasteiger partial charge in [-0.2, -0.15) is 0 Å². The molecule has 1 aromatic rings. The summed E-state index contributed by atoms with van der Waals surface area (Å²) in [7, 11) is 0. The molecule has 4 N–H and O–H groups in total. The molecule has 20 heavy (non-hydrogen) atoms. The highest BCUT2D eigenvalue weighted by Crippen LogP contribution is 2.39. The molecule has 0 atom stereocenters. The number of carbonyl (C=O) groups is 1. The Balaban J connectivity index is 1.94. The third-order valence-corrected chi connectivity index (χ3v) is 3.78. The number of nitrogens with two attached hydrogens (primary N) is 1. The number of oxime groups is 1. The number of amidine groups is 1. The number of nitrogens with one attached hydrogen (secondary N) is 1. The first-order valence-electron chi connectivity index (χ1n) is 6.80. The van der Waals surface area contributed by atoms with Gasteiger partial charge >= 0.3 is 0 Å². The molecule has 0 radical (unpaired) electrons. The fourth-order valence-corrected chi connectivity index (χ4v) is 2.35. The van der Waals surface area contributed by atoms with E-state index in [-0.39, 0.29) is 17.3 Å². The van der Waals surface area contributed by atoms with Crippen LogP contribution in [0.3, 0.4) is 0 Å². The third kappa shape index (κ3) is 3.50. The summed E-state index contributed by atoms with van der Waals surface area (Å²) < 4.78 is 0. The van der Waals surface area contributed by atoms with Gasteiger partial charge in [-0.3, -0.25) is 4.79 Å². The van der Waals surface area contributed by atoms with Gasteiger partial charge in [0.1, 0.15) is 0 Å². The van der Waals surface area contributed by atoms with Crippen LogP contribution in [0.15, 0.2) is 29.4 Å². The van der Waals surface area contributed by atoms with Crippen molar-refractivity contribution in [3.05, 3.63) is 35.4 Å². The molecule has 0 bridgehead atoms. The average Bonchev–Trinajstić information content (AvgIpc) is 3.22. The Hall–Kier alpha value is -2.04. The summed E-state index contributed by atoms with van der Waals surface area (Å²) in [4.78, 5) is 12.0. The van der Waals surface area contributed by atoms with Crippen LogP contribution in [0.25, 0.3) is 0 Å². The second kappa shape index (κ2) is 5.53. The van der Waals surface area contributed by atoms with Crippen molar-refractivity contribution in [3.63, 3.8) is 0 Å². The van der Waals surface area contributed by atoms with E-state index in [9.17, 15) is 4.79 Å². The maximum atomic E-state index is 12.0. The molecule has 5 nitrogen and oxygen atoms in total. The van der Waals surface area contributed by atoms with Crippen LogP contribution in [0, 0.1) is 5.92 Å². The minimum absolute atomic E-state index is 0.0263. The quantitative estimate of drug-likeness (QED) is 0.330. The molecule has 1 aromatic carbocycles. The number of carbonyl (C=O) groups excluding carboxylic acids is 1. The largest absolute Gasteiger partial charge is 0.409 e. The van der Waals surface area contributed by atoms with Crippen LogP contribution in [0.5, 0.6) is 0 Å². The van der Waals surface area contributed by atoms with E-state index in [2.05, 4.69) is 24.3 Å². The molecule has 5 heteroatoms. The summed E-state index contributed by atoms with van der Waals surface area (Å²) >= 11 is 0. The summed E-state index contributed by atoms with van der Waals surface area (Å²) in [6.45, 7) is 4.15. The van der Waals surface area contributed by atoms with Gasteiger partial charge in [-0.1, -0.05) is 29.4 Å². The summed E-state index contributed by atoms with van der Waals surface area (Å²) in [6, 6.07) is 7.11.